The summed E-state index contributed by atoms with van der Waals surface area (Å²) in [6, 6.07) is 3.40. The van der Waals surface area contributed by atoms with Crippen LogP contribution < -0.4 is 10.6 Å². The van der Waals surface area contributed by atoms with Crippen molar-refractivity contribution in [3.63, 3.8) is 0 Å². The fraction of sp³-hybridized carbons (Fsp3) is 0.524. The highest BCUT2D eigenvalue weighted by Crippen LogP contribution is 2.35. The summed E-state index contributed by atoms with van der Waals surface area (Å²) in [5.74, 6) is -1.66. The second kappa shape index (κ2) is 9.17. The molecule has 1 aliphatic heterocycles. The number of carbonyl (C=O) groups is 4. The van der Waals surface area contributed by atoms with Gasteiger partial charge in [-0.15, -0.1) is 0 Å². The van der Waals surface area contributed by atoms with E-state index in [2.05, 4.69) is 10.6 Å². The van der Waals surface area contributed by atoms with E-state index in [4.69, 9.17) is 4.74 Å². The van der Waals surface area contributed by atoms with Gasteiger partial charge in [-0.25, -0.2) is 4.79 Å². The lowest BCUT2D eigenvalue weighted by atomic mass is 9.98. The van der Waals surface area contributed by atoms with Gasteiger partial charge in [-0.3, -0.25) is 19.3 Å². The fourth-order valence-corrected chi connectivity index (χ4v) is 3.87. The second-order valence-corrected chi connectivity index (χ2v) is 7.98. The van der Waals surface area contributed by atoms with Crippen molar-refractivity contribution in [2.75, 3.05) is 11.9 Å². The van der Waals surface area contributed by atoms with E-state index >= 15 is 0 Å². The maximum atomic E-state index is 12.6. The number of imide groups is 1. The Morgan fingerprint density at radius 2 is 1.81 bits per heavy atom. The van der Waals surface area contributed by atoms with E-state index < -0.39 is 41.3 Å². The lowest BCUT2D eigenvalue weighted by Crippen LogP contribution is -2.44. The van der Waals surface area contributed by atoms with Gasteiger partial charge < -0.3 is 15.4 Å². The number of esters is 1. The zero-order chi connectivity index (χ0) is 23.5. The molecule has 0 aromatic heterocycles. The first-order valence-corrected chi connectivity index (χ1v) is 10.3. The molecule has 3 rings (SSSR count). The third kappa shape index (κ3) is 5.20. The monoisotopic (exact) mass is 455 g/mol. The van der Waals surface area contributed by atoms with E-state index in [1.54, 1.807) is 0 Å². The highest BCUT2D eigenvalue weighted by Gasteiger charge is 2.52. The zero-order valence-electron chi connectivity index (χ0n) is 17.5. The third-order valence-electron chi connectivity index (χ3n) is 5.62. The van der Waals surface area contributed by atoms with Crippen LogP contribution >= 0.6 is 0 Å². The number of hydrogen-bond donors (Lipinski definition) is 2. The van der Waals surface area contributed by atoms with E-state index in [9.17, 15) is 32.3 Å². The molecule has 1 aliphatic carbocycles. The topological polar surface area (TPSA) is 105 Å². The quantitative estimate of drug-likeness (QED) is 0.485. The SMILES string of the molecule is C[C@@H](OC(=O)CCCN1C(=O)NC2(CCCC2)C1=O)C(=O)Nc1ccc(C(F)(F)F)cc1. The van der Waals surface area contributed by atoms with Crippen LogP contribution in [0.25, 0.3) is 0 Å². The van der Waals surface area contributed by atoms with Gasteiger partial charge in [0, 0.05) is 18.7 Å². The first-order valence-electron chi connectivity index (χ1n) is 10.3. The molecular formula is C21H24F3N3O5. The summed E-state index contributed by atoms with van der Waals surface area (Å²) < 4.78 is 42.8. The number of nitrogens with zero attached hydrogens (tertiary/aromatic N) is 1. The van der Waals surface area contributed by atoms with E-state index in [-0.39, 0.29) is 31.0 Å². The number of benzene rings is 1. The van der Waals surface area contributed by atoms with E-state index in [0.29, 0.717) is 12.8 Å². The van der Waals surface area contributed by atoms with Crippen molar-refractivity contribution >= 4 is 29.5 Å². The molecule has 2 N–H and O–H groups in total. The molecule has 1 spiro atoms. The predicted octanol–water partition coefficient (Wildman–Crippen LogP) is 3.22. The van der Waals surface area contributed by atoms with Gasteiger partial charge in [-0.2, -0.15) is 13.2 Å². The highest BCUT2D eigenvalue weighted by molar-refractivity contribution is 6.07. The number of ether oxygens (including phenoxy) is 1. The van der Waals surface area contributed by atoms with E-state index in [1.807, 2.05) is 0 Å². The number of alkyl halides is 3. The van der Waals surface area contributed by atoms with Crippen molar-refractivity contribution in [1.82, 2.24) is 10.2 Å². The summed E-state index contributed by atoms with van der Waals surface area (Å²) in [6.07, 6.45) is -2.61. The number of rotatable bonds is 7. The molecule has 0 unspecified atom stereocenters. The number of nitrogens with one attached hydrogen (secondary N) is 2. The van der Waals surface area contributed by atoms with Crippen LogP contribution in [0, 0.1) is 0 Å². The maximum Gasteiger partial charge on any atom is 0.416 e. The van der Waals surface area contributed by atoms with E-state index in [0.717, 1.165) is 42.0 Å². The molecular weight excluding hydrogens is 431 g/mol. The average Bonchev–Trinajstić information content (AvgIpc) is 3.28. The fourth-order valence-electron chi connectivity index (χ4n) is 3.87. The van der Waals surface area contributed by atoms with Crippen LogP contribution in [0.3, 0.4) is 0 Å². The Morgan fingerprint density at radius 3 is 2.41 bits per heavy atom. The Hall–Kier alpha value is -3.11. The highest BCUT2D eigenvalue weighted by atomic mass is 19.4. The molecule has 8 nitrogen and oxygen atoms in total. The molecule has 174 valence electrons. The molecule has 0 radical (unpaired) electrons. The number of anilines is 1. The Bertz CT molecular complexity index is 895. The number of urea groups is 1. The van der Waals surface area contributed by atoms with Gasteiger partial charge in [0.25, 0.3) is 11.8 Å². The van der Waals surface area contributed by atoms with Crippen molar-refractivity contribution in [1.29, 1.82) is 0 Å². The summed E-state index contributed by atoms with van der Waals surface area (Å²) in [4.78, 5) is 49.9. The molecule has 32 heavy (non-hydrogen) atoms. The molecule has 2 fully saturated rings. The summed E-state index contributed by atoms with van der Waals surface area (Å²) >= 11 is 0. The summed E-state index contributed by atoms with van der Waals surface area (Å²) in [5.41, 5.74) is -1.52. The number of hydrogen-bond acceptors (Lipinski definition) is 5. The van der Waals surface area contributed by atoms with E-state index in [1.165, 1.54) is 6.92 Å². The Labute approximate surface area is 182 Å². The molecule has 1 aromatic carbocycles. The number of carbonyl (C=O) groups excluding carboxylic acids is 4. The van der Waals surface area contributed by atoms with Gasteiger partial charge in [0.15, 0.2) is 6.10 Å². The Morgan fingerprint density at radius 1 is 1.19 bits per heavy atom. The minimum atomic E-state index is -4.48. The Balaban J connectivity index is 1.42. The normalized spacial score (nSPS) is 18.6. The summed E-state index contributed by atoms with van der Waals surface area (Å²) in [5, 5.41) is 5.13. The first-order chi connectivity index (χ1) is 15.0. The molecule has 1 saturated heterocycles. The van der Waals surface area contributed by atoms with Gasteiger partial charge in [0.2, 0.25) is 0 Å². The molecule has 1 aromatic rings. The predicted molar refractivity (Wildman–Crippen MR) is 106 cm³/mol. The van der Waals surface area contributed by atoms with Gasteiger partial charge in [-0.05, 0) is 50.5 Å². The largest absolute Gasteiger partial charge is 0.453 e. The zero-order valence-corrected chi connectivity index (χ0v) is 17.5. The van der Waals surface area contributed by atoms with Crippen molar-refractivity contribution in [2.45, 2.75) is 63.3 Å². The maximum absolute atomic E-state index is 12.6. The molecule has 2 aliphatic rings. The third-order valence-corrected chi connectivity index (χ3v) is 5.62. The van der Waals surface area contributed by atoms with Crippen LogP contribution in [0.15, 0.2) is 24.3 Å². The second-order valence-electron chi connectivity index (χ2n) is 7.98. The van der Waals surface area contributed by atoms with Crippen LogP contribution in [0.4, 0.5) is 23.7 Å². The van der Waals surface area contributed by atoms with Gasteiger partial charge in [0.05, 0.1) is 5.56 Å². The van der Waals surface area contributed by atoms with Crippen molar-refractivity contribution in [3.8, 4) is 0 Å². The van der Waals surface area contributed by atoms with Crippen LogP contribution in [-0.2, 0) is 25.3 Å². The minimum Gasteiger partial charge on any atom is -0.453 e. The number of halogens is 3. The van der Waals surface area contributed by atoms with Crippen molar-refractivity contribution < 1.29 is 37.1 Å². The van der Waals surface area contributed by atoms with Crippen LogP contribution in [0.5, 0.6) is 0 Å². The molecule has 0 bridgehead atoms. The Kier molecular flexibility index (Phi) is 6.75. The molecule has 4 amide bonds. The molecule has 11 heteroatoms. The van der Waals surface area contributed by atoms with Crippen molar-refractivity contribution in [3.05, 3.63) is 29.8 Å². The van der Waals surface area contributed by atoms with Crippen LogP contribution in [0.1, 0.15) is 51.0 Å². The smallest absolute Gasteiger partial charge is 0.416 e. The first kappa shape index (κ1) is 23.6. The molecule has 1 heterocycles. The van der Waals surface area contributed by atoms with Crippen molar-refractivity contribution in [2.24, 2.45) is 0 Å². The summed E-state index contributed by atoms with van der Waals surface area (Å²) in [6.45, 7) is 1.40. The lowest BCUT2D eigenvalue weighted by molar-refractivity contribution is -0.153. The average molecular weight is 455 g/mol. The van der Waals surface area contributed by atoms with Gasteiger partial charge >= 0.3 is 18.2 Å². The number of amides is 4. The van der Waals surface area contributed by atoms with Crippen LogP contribution in [-0.4, -0.2) is 46.9 Å². The van der Waals surface area contributed by atoms with Gasteiger partial charge in [-0.1, -0.05) is 12.8 Å². The standard InChI is InChI=1S/C21H24F3N3O5/c1-13(17(29)25-15-8-6-14(7-9-15)21(22,23)24)32-16(28)5-4-12-27-18(30)20(26-19(27)31)10-2-3-11-20/h6-9,13H,2-5,10-12H2,1H3,(H,25,29)(H,26,31)/t13-/m1/s1. The minimum absolute atomic E-state index is 0.0631. The molecule has 1 saturated carbocycles. The molecule has 1 atom stereocenters. The van der Waals surface area contributed by atoms with Crippen LogP contribution in [0.2, 0.25) is 0 Å². The van der Waals surface area contributed by atoms with Gasteiger partial charge in [0.1, 0.15) is 5.54 Å². The summed E-state index contributed by atoms with van der Waals surface area (Å²) in [7, 11) is 0. The lowest BCUT2D eigenvalue weighted by Gasteiger charge is -2.20.